The number of nitrogens with one attached hydrogen (secondary N) is 1. The topological polar surface area (TPSA) is 75.4 Å². The average Bonchev–Trinajstić information content (AvgIpc) is 3.08. The van der Waals surface area contributed by atoms with Gasteiger partial charge in [0.2, 0.25) is 0 Å². The van der Waals surface area contributed by atoms with E-state index in [0.717, 1.165) is 6.07 Å². The Bertz CT molecular complexity index is 512. The summed E-state index contributed by atoms with van der Waals surface area (Å²) in [7, 11) is 0. The van der Waals surface area contributed by atoms with Crippen molar-refractivity contribution in [1.29, 1.82) is 0 Å². The lowest BCUT2D eigenvalue weighted by Gasteiger charge is -2.17. The number of alkyl halides is 3. The summed E-state index contributed by atoms with van der Waals surface area (Å²) in [6, 6.07) is 2.73. The number of rotatable bonds is 4. The molecule has 0 bridgehead atoms. The van der Waals surface area contributed by atoms with Crippen molar-refractivity contribution in [3.8, 4) is 0 Å². The van der Waals surface area contributed by atoms with Crippen LogP contribution in [-0.2, 0) is 6.18 Å². The minimum absolute atomic E-state index is 0.115. The van der Waals surface area contributed by atoms with Gasteiger partial charge in [-0.05, 0) is 25.0 Å². The smallest absolute Gasteiger partial charge is 0.394 e. The van der Waals surface area contributed by atoms with Crippen molar-refractivity contribution in [2.75, 3.05) is 11.9 Å². The van der Waals surface area contributed by atoms with Gasteiger partial charge in [-0.2, -0.15) is 13.2 Å². The van der Waals surface area contributed by atoms with Gasteiger partial charge >= 0.3 is 6.18 Å². The van der Waals surface area contributed by atoms with Crippen LogP contribution in [0.2, 0.25) is 0 Å². The van der Waals surface area contributed by atoms with Crippen molar-refractivity contribution in [3.63, 3.8) is 0 Å². The molecule has 8 heteroatoms. The van der Waals surface area contributed by atoms with Gasteiger partial charge in [0.25, 0.3) is 5.69 Å². The van der Waals surface area contributed by atoms with Crippen molar-refractivity contribution in [2.24, 2.45) is 0 Å². The first-order valence-electron chi connectivity index (χ1n) is 5.52. The molecule has 104 valence electrons. The number of aliphatic hydroxyl groups is 1. The molecule has 0 aromatic heterocycles. The fraction of sp³-hybridized carbons (Fsp3) is 0.455. The third-order valence-corrected chi connectivity index (χ3v) is 3.06. The Morgan fingerprint density at radius 2 is 2.05 bits per heavy atom. The van der Waals surface area contributed by atoms with Gasteiger partial charge in [0.05, 0.1) is 17.1 Å². The van der Waals surface area contributed by atoms with Gasteiger partial charge in [-0.15, -0.1) is 0 Å². The predicted molar refractivity (Wildman–Crippen MR) is 60.8 cm³/mol. The Labute approximate surface area is 106 Å². The van der Waals surface area contributed by atoms with E-state index in [4.69, 9.17) is 5.11 Å². The van der Waals surface area contributed by atoms with Crippen molar-refractivity contribution >= 4 is 11.4 Å². The summed E-state index contributed by atoms with van der Waals surface area (Å²) < 4.78 is 38.2. The van der Waals surface area contributed by atoms with Crippen molar-refractivity contribution in [3.05, 3.63) is 33.9 Å². The Morgan fingerprint density at radius 1 is 1.42 bits per heavy atom. The molecule has 1 fully saturated rings. The fourth-order valence-electron chi connectivity index (χ4n) is 1.78. The summed E-state index contributed by atoms with van der Waals surface area (Å²) in [5, 5.41) is 22.5. The molecule has 0 amide bonds. The van der Waals surface area contributed by atoms with Crippen LogP contribution in [0.3, 0.4) is 0 Å². The Balaban J connectivity index is 2.36. The maximum absolute atomic E-state index is 12.7. The lowest BCUT2D eigenvalue weighted by molar-refractivity contribution is -0.388. The van der Waals surface area contributed by atoms with Crippen LogP contribution in [0.1, 0.15) is 18.4 Å². The van der Waals surface area contributed by atoms with Gasteiger partial charge in [0.15, 0.2) is 0 Å². The monoisotopic (exact) mass is 276 g/mol. The van der Waals surface area contributed by atoms with Crippen LogP contribution in [0, 0.1) is 10.1 Å². The summed E-state index contributed by atoms with van der Waals surface area (Å²) in [6.07, 6.45) is -3.49. The molecule has 0 saturated heterocycles. The molecule has 1 aromatic carbocycles. The maximum Gasteiger partial charge on any atom is 0.423 e. The lowest BCUT2D eigenvalue weighted by atomic mass is 10.1. The Morgan fingerprint density at radius 3 is 2.47 bits per heavy atom. The van der Waals surface area contributed by atoms with Crippen LogP contribution < -0.4 is 5.32 Å². The summed E-state index contributed by atoms with van der Waals surface area (Å²) in [5.74, 6) is 0. The van der Waals surface area contributed by atoms with Crippen LogP contribution >= 0.6 is 0 Å². The molecule has 1 aliphatic carbocycles. The predicted octanol–water partition coefficient (Wildman–Crippen LogP) is 2.55. The van der Waals surface area contributed by atoms with Crippen LogP contribution in [-0.4, -0.2) is 22.2 Å². The molecule has 1 saturated carbocycles. The average molecular weight is 276 g/mol. The summed E-state index contributed by atoms with van der Waals surface area (Å²) in [6.45, 7) is -0.189. The highest BCUT2D eigenvalue weighted by molar-refractivity contribution is 5.57. The maximum atomic E-state index is 12.7. The van der Waals surface area contributed by atoms with Gasteiger partial charge in [-0.3, -0.25) is 10.1 Å². The van der Waals surface area contributed by atoms with Crippen molar-refractivity contribution in [1.82, 2.24) is 0 Å². The Kier molecular flexibility index (Phi) is 3.13. The largest absolute Gasteiger partial charge is 0.423 e. The number of nitrogens with zero attached hydrogens (tertiary/aromatic N) is 1. The third-order valence-electron chi connectivity index (χ3n) is 3.06. The highest BCUT2D eigenvalue weighted by Crippen LogP contribution is 2.41. The zero-order valence-corrected chi connectivity index (χ0v) is 9.70. The molecule has 2 rings (SSSR count). The molecule has 0 aliphatic heterocycles. The van der Waals surface area contributed by atoms with Gasteiger partial charge in [-0.1, -0.05) is 0 Å². The zero-order valence-electron chi connectivity index (χ0n) is 9.70. The van der Waals surface area contributed by atoms with Crippen molar-refractivity contribution < 1.29 is 23.2 Å². The highest BCUT2D eigenvalue weighted by Gasteiger charge is 2.43. The van der Waals surface area contributed by atoms with E-state index in [0.29, 0.717) is 18.9 Å². The number of hydrogen-bond donors (Lipinski definition) is 2. The van der Waals surface area contributed by atoms with Crippen LogP contribution in [0.25, 0.3) is 0 Å². The standard InChI is InChI=1S/C11H11F3N2O3/c12-11(13,14)8-5-7(1-2-9(8)16(18)19)15-10(6-17)3-4-10/h1-2,5,15,17H,3-4,6H2. The van der Waals surface area contributed by atoms with Gasteiger partial charge < -0.3 is 10.4 Å². The SMILES string of the molecule is O=[N+]([O-])c1ccc(NC2(CO)CC2)cc1C(F)(F)F. The molecule has 0 heterocycles. The number of halogens is 3. The number of benzene rings is 1. The first-order chi connectivity index (χ1) is 8.77. The number of nitro groups is 1. The molecule has 0 radical (unpaired) electrons. The fourth-order valence-corrected chi connectivity index (χ4v) is 1.78. The summed E-state index contributed by atoms with van der Waals surface area (Å²) in [4.78, 5) is 9.51. The van der Waals surface area contributed by atoms with Gasteiger partial charge in [0, 0.05) is 11.8 Å². The number of anilines is 1. The molecule has 0 unspecified atom stereocenters. The van der Waals surface area contributed by atoms with Gasteiger partial charge in [-0.25, -0.2) is 0 Å². The van der Waals surface area contributed by atoms with Crippen LogP contribution in [0.15, 0.2) is 18.2 Å². The molecule has 19 heavy (non-hydrogen) atoms. The quantitative estimate of drug-likeness (QED) is 0.654. The van der Waals surface area contributed by atoms with E-state index in [1.54, 1.807) is 0 Å². The lowest BCUT2D eigenvalue weighted by Crippen LogP contribution is -2.25. The number of aliphatic hydroxyl groups excluding tert-OH is 1. The minimum atomic E-state index is -4.80. The Hall–Kier alpha value is -1.83. The second kappa shape index (κ2) is 4.37. The van der Waals surface area contributed by atoms with Gasteiger partial charge in [0.1, 0.15) is 5.56 Å². The molecule has 1 aromatic rings. The molecular weight excluding hydrogens is 265 g/mol. The van der Waals surface area contributed by atoms with E-state index in [2.05, 4.69) is 5.32 Å². The summed E-state index contributed by atoms with van der Waals surface area (Å²) >= 11 is 0. The van der Waals surface area contributed by atoms with E-state index in [1.807, 2.05) is 0 Å². The first kappa shape index (κ1) is 13.6. The second-order valence-electron chi connectivity index (χ2n) is 4.55. The highest BCUT2D eigenvalue weighted by atomic mass is 19.4. The molecule has 5 nitrogen and oxygen atoms in total. The molecule has 0 atom stereocenters. The van der Waals surface area contributed by atoms with E-state index >= 15 is 0 Å². The molecule has 0 spiro atoms. The number of nitro benzene ring substituents is 1. The minimum Gasteiger partial charge on any atom is -0.394 e. The van der Waals surface area contributed by atoms with E-state index in [1.165, 1.54) is 6.07 Å². The zero-order chi connectivity index (χ0) is 14.3. The molecule has 1 aliphatic rings. The molecular formula is C11H11F3N2O3. The van der Waals surface area contributed by atoms with E-state index in [-0.39, 0.29) is 12.3 Å². The van der Waals surface area contributed by atoms with Crippen molar-refractivity contribution in [2.45, 2.75) is 24.6 Å². The van der Waals surface area contributed by atoms with Crippen LogP contribution in [0.5, 0.6) is 0 Å². The normalized spacial score (nSPS) is 17.1. The second-order valence-corrected chi connectivity index (χ2v) is 4.55. The summed E-state index contributed by atoms with van der Waals surface area (Å²) in [5.41, 5.74) is -2.74. The first-order valence-corrected chi connectivity index (χ1v) is 5.52. The van der Waals surface area contributed by atoms with Crippen LogP contribution in [0.4, 0.5) is 24.5 Å². The third kappa shape index (κ3) is 2.78. The van der Waals surface area contributed by atoms with E-state index in [9.17, 15) is 23.3 Å². The number of hydrogen-bond acceptors (Lipinski definition) is 4. The molecule has 2 N–H and O–H groups in total. The van der Waals surface area contributed by atoms with E-state index < -0.39 is 27.9 Å².